The standard InChI is InChI=1S/C22H36N2O2S/c1-7-27-19-14-18(24-11-12-26-15-17(24)3)13-16(2)20(19)21(25)23-10-8-9-22(4,5)6/h13-14,17H,7-12,15H2,1-6H3,(H,23,25)/t17-/m1/s1. The number of thioether (sulfide) groups is 1. The summed E-state index contributed by atoms with van der Waals surface area (Å²) in [6, 6.07) is 4.70. The summed E-state index contributed by atoms with van der Waals surface area (Å²) < 4.78 is 5.57. The number of hydrogen-bond donors (Lipinski definition) is 1. The minimum absolute atomic E-state index is 0.0546. The molecule has 1 saturated heterocycles. The van der Waals surface area contributed by atoms with Crippen molar-refractivity contribution in [3.8, 4) is 0 Å². The van der Waals surface area contributed by atoms with Gasteiger partial charge in [0.25, 0.3) is 5.91 Å². The molecule has 1 amide bonds. The normalized spacial score (nSPS) is 17.9. The third-order valence-electron chi connectivity index (χ3n) is 4.90. The number of morpholine rings is 1. The smallest absolute Gasteiger partial charge is 0.252 e. The van der Waals surface area contributed by atoms with Crippen LogP contribution in [0.15, 0.2) is 17.0 Å². The number of benzene rings is 1. The number of carbonyl (C=O) groups excluding carboxylic acids is 1. The summed E-state index contributed by atoms with van der Waals surface area (Å²) >= 11 is 1.75. The molecule has 1 N–H and O–H groups in total. The molecule has 0 radical (unpaired) electrons. The van der Waals surface area contributed by atoms with Gasteiger partial charge in [-0.1, -0.05) is 27.7 Å². The summed E-state index contributed by atoms with van der Waals surface area (Å²) in [5, 5.41) is 3.13. The first-order chi connectivity index (χ1) is 12.7. The highest BCUT2D eigenvalue weighted by Gasteiger charge is 2.23. The summed E-state index contributed by atoms with van der Waals surface area (Å²) in [7, 11) is 0. The van der Waals surface area contributed by atoms with Gasteiger partial charge in [-0.3, -0.25) is 4.79 Å². The van der Waals surface area contributed by atoms with E-state index in [1.54, 1.807) is 11.8 Å². The topological polar surface area (TPSA) is 41.6 Å². The van der Waals surface area contributed by atoms with E-state index in [2.05, 4.69) is 63.9 Å². The van der Waals surface area contributed by atoms with Gasteiger partial charge in [-0.15, -0.1) is 11.8 Å². The van der Waals surface area contributed by atoms with Crippen molar-refractivity contribution in [2.75, 3.05) is 37.0 Å². The first-order valence-corrected chi connectivity index (χ1v) is 11.1. The van der Waals surface area contributed by atoms with E-state index in [4.69, 9.17) is 4.74 Å². The molecule has 1 atom stereocenters. The van der Waals surface area contributed by atoms with Crippen molar-refractivity contribution in [2.45, 2.75) is 65.3 Å². The van der Waals surface area contributed by atoms with Gasteiger partial charge in [0.15, 0.2) is 0 Å². The van der Waals surface area contributed by atoms with Crippen molar-refractivity contribution in [3.05, 3.63) is 23.3 Å². The van der Waals surface area contributed by atoms with Crippen LogP contribution < -0.4 is 10.2 Å². The Balaban J connectivity index is 2.16. The van der Waals surface area contributed by atoms with Crippen molar-refractivity contribution < 1.29 is 9.53 Å². The van der Waals surface area contributed by atoms with Gasteiger partial charge < -0.3 is 15.0 Å². The molecule has 5 heteroatoms. The van der Waals surface area contributed by atoms with Crippen LogP contribution in [0.1, 0.15) is 63.4 Å². The number of hydrogen-bond acceptors (Lipinski definition) is 4. The first kappa shape index (κ1) is 22.1. The van der Waals surface area contributed by atoms with Gasteiger partial charge in [0, 0.05) is 29.7 Å². The Hall–Kier alpha value is -1.20. The van der Waals surface area contributed by atoms with Crippen LogP contribution >= 0.6 is 11.8 Å². The van der Waals surface area contributed by atoms with Crippen molar-refractivity contribution in [1.82, 2.24) is 5.32 Å². The highest BCUT2D eigenvalue weighted by molar-refractivity contribution is 7.99. The molecule has 1 aliphatic heterocycles. The molecule has 0 saturated carbocycles. The molecule has 0 aliphatic carbocycles. The monoisotopic (exact) mass is 392 g/mol. The van der Waals surface area contributed by atoms with Crippen molar-refractivity contribution >= 4 is 23.4 Å². The van der Waals surface area contributed by atoms with Crippen LogP contribution in [-0.4, -0.2) is 44.0 Å². The average molecular weight is 393 g/mol. The Morgan fingerprint density at radius 1 is 1.37 bits per heavy atom. The van der Waals surface area contributed by atoms with Gasteiger partial charge in [-0.2, -0.15) is 0 Å². The maximum absolute atomic E-state index is 12.9. The lowest BCUT2D eigenvalue weighted by Crippen LogP contribution is -2.43. The molecule has 1 heterocycles. The van der Waals surface area contributed by atoms with E-state index >= 15 is 0 Å². The number of amides is 1. The second-order valence-electron chi connectivity index (χ2n) is 8.61. The number of aryl methyl sites for hydroxylation is 1. The largest absolute Gasteiger partial charge is 0.377 e. The highest BCUT2D eigenvalue weighted by atomic mass is 32.2. The Bertz CT molecular complexity index is 640. The molecule has 1 fully saturated rings. The zero-order chi connectivity index (χ0) is 20.0. The Morgan fingerprint density at radius 2 is 2.11 bits per heavy atom. The molecule has 0 unspecified atom stereocenters. The van der Waals surface area contributed by atoms with E-state index in [9.17, 15) is 4.79 Å². The lowest BCUT2D eigenvalue weighted by molar-refractivity contribution is 0.0947. The highest BCUT2D eigenvalue weighted by Crippen LogP contribution is 2.32. The number of carbonyl (C=O) groups is 1. The number of anilines is 1. The predicted octanol–water partition coefficient (Wildman–Crippen LogP) is 4.89. The summed E-state index contributed by atoms with van der Waals surface area (Å²) in [5.41, 5.74) is 3.39. The van der Waals surface area contributed by atoms with Gasteiger partial charge >= 0.3 is 0 Å². The fourth-order valence-corrected chi connectivity index (χ4v) is 4.40. The number of nitrogens with zero attached hydrogens (tertiary/aromatic N) is 1. The Labute approximate surface area is 169 Å². The Kier molecular flexibility index (Phi) is 8.04. The maximum Gasteiger partial charge on any atom is 0.252 e. The van der Waals surface area contributed by atoms with E-state index in [0.29, 0.717) is 11.5 Å². The predicted molar refractivity (Wildman–Crippen MR) is 116 cm³/mol. The van der Waals surface area contributed by atoms with Gasteiger partial charge in [0.2, 0.25) is 0 Å². The fourth-order valence-electron chi connectivity index (χ4n) is 3.48. The molecule has 0 bridgehead atoms. The number of rotatable bonds is 7. The molecule has 1 aliphatic rings. The quantitative estimate of drug-likeness (QED) is 0.530. The lowest BCUT2D eigenvalue weighted by atomic mass is 9.91. The van der Waals surface area contributed by atoms with Crippen LogP contribution in [-0.2, 0) is 4.74 Å². The maximum atomic E-state index is 12.9. The summed E-state index contributed by atoms with van der Waals surface area (Å²) in [6.45, 7) is 16.2. The first-order valence-electron chi connectivity index (χ1n) is 10.1. The van der Waals surface area contributed by atoms with Gasteiger partial charge in [0.05, 0.1) is 18.8 Å². The van der Waals surface area contributed by atoms with E-state index in [1.165, 1.54) is 5.69 Å². The average Bonchev–Trinajstić information content (AvgIpc) is 2.58. The van der Waals surface area contributed by atoms with Crippen LogP contribution in [0.5, 0.6) is 0 Å². The second kappa shape index (κ2) is 9.83. The van der Waals surface area contributed by atoms with Gasteiger partial charge in [0.1, 0.15) is 0 Å². The Morgan fingerprint density at radius 3 is 2.74 bits per heavy atom. The zero-order valence-corrected chi connectivity index (χ0v) is 18.7. The van der Waals surface area contributed by atoms with Crippen LogP contribution in [0.2, 0.25) is 0 Å². The van der Waals surface area contributed by atoms with E-state index in [1.807, 2.05) is 0 Å². The zero-order valence-electron chi connectivity index (χ0n) is 17.9. The lowest BCUT2D eigenvalue weighted by Gasteiger charge is -2.36. The summed E-state index contributed by atoms with van der Waals surface area (Å²) in [4.78, 5) is 16.4. The second-order valence-corrected chi connectivity index (χ2v) is 9.91. The molecule has 27 heavy (non-hydrogen) atoms. The third kappa shape index (κ3) is 6.42. The number of nitrogens with one attached hydrogen (secondary N) is 1. The molecule has 152 valence electrons. The van der Waals surface area contributed by atoms with Gasteiger partial charge in [-0.25, -0.2) is 0 Å². The van der Waals surface area contributed by atoms with Crippen LogP contribution in [0, 0.1) is 12.3 Å². The van der Waals surface area contributed by atoms with Crippen molar-refractivity contribution in [3.63, 3.8) is 0 Å². The van der Waals surface area contributed by atoms with Crippen LogP contribution in [0.4, 0.5) is 5.69 Å². The number of ether oxygens (including phenoxy) is 1. The van der Waals surface area contributed by atoms with Gasteiger partial charge in [-0.05, 0) is 55.6 Å². The fraction of sp³-hybridized carbons (Fsp3) is 0.682. The molecule has 2 rings (SSSR count). The SMILES string of the molecule is CCSc1cc(N2CCOC[C@H]2C)cc(C)c1C(=O)NCCCC(C)(C)C. The van der Waals surface area contributed by atoms with Crippen molar-refractivity contribution in [1.29, 1.82) is 0 Å². The minimum atomic E-state index is 0.0546. The van der Waals surface area contributed by atoms with E-state index in [-0.39, 0.29) is 5.91 Å². The minimum Gasteiger partial charge on any atom is -0.377 e. The van der Waals surface area contributed by atoms with E-state index < -0.39 is 0 Å². The summed E-state index contributed by atoms with van der Waals surface area (Å²) in [6.07, 6.45) is 2.12. The van der Waals surface area contributed by atoms with Crippen molar-refractivity contribution in [2.24, 2.45) is 5.41 Å². The molecular formula is C22H36N2O2S. The molecule has 1 aromatic carbocycles. The third-order valence-corrected chi connectivity index (χ3v) is 5.82. The molecule has 0 spiro atoms. The molecule has 1 aromatic rings. The molecular weight excluding hydrogens is 356 g/mol. The van der Waals surface area contributed by atoms with Crippen LogP contribution in [0.3, 0.4) is 0 Å². The molecule has 0 aromatic heterocycles. The summed E-state index contributed by atoms with van der Waals surface area (Å²) in [5.74, 6) is 1.00. The van der Waals surface area contributed by atoms with Crippen LogP contribution in [0.25, 0.3) is 0 Å². The molecule has 4 nitrogen and oxygen atoms in total. The van der Waals surface area contributed by atoms with E-state index in [0.717, 1.165) is 60.9 Å².